The van der Waals surface area contributed by atoms with E-state index < -0.39 is 0 Å². The molecule has 0 spiro atoms. The molecule has 0 radical (unpaired) electrons. The SMILES string of the molecule is c1ccc2cc3cc(-c4cc5ccc6ccccc6c5c5ccccc45)ccc3cc2c1. The summed E-state index contributed by atoms with van der Waals surface area (Å²) >= 11 is 0. The van der Waals surface area contributed by atoms with Crippen LogP contribution in [-0.2, 0) is 0 Å². The zero-order valence-electron chi connectivity index (χ0n) is 17.5. The highest BCUT2D eigenvalue weighted by molar-refractivity contribution is 6.23. The van der Waals surface area contributed by atoms with Gasteiger partial charge in [0.25, 0.3) is 0 Å². The van der Waals surface area contributed by atoms with E-state index in [4.69, 9.17) is 0 Å². The topological polar surface area (TPSA) is 0 Å². The molecule has 0 nitrogen and oxygen atoms in total. The Morgan fingerprint density at radius 1 is 0.312 bits per heavy atom. The molecule has 0 aromatic heterocycles. The maximum absolute atomic E-state index is 2.37. The molecule has 0 amide bonds. The van der Waals surface area contributed by atoms with Crippen LogP contribution in [0.15, 0.2) is 121 Å². The minimum atomic E-state index is 1.26. The second-order valence-electron chi connectivity index (χ2n) is 8.62. The molecule has 0 saturated heterocycles. The van der Waals surface area contributed by atoms with Crippen molar-refractivity contribution < 1.29 is 0 Å². The van der Waals surface area contributed by atoms with E-state index >= 15 is 0 Å². The van der Waals surface area contributed by atoms with Gasteiger partial charge in [0.05, 0.1) is 0 Å². The lowest BCUT2D eigenvalue weighted by molar-refractivity contribution is 1.71. The van der Waals surface area contributed by atoms with Crippen LogP contribution in [0.5, 0.6) is 0 Å². The van der Waals surface area contributed by atoms with Crippen molar-refractivity contribution in [2.45, 2.75) is 0 Å². The van der Waals surface area contributed by atoms with E-state index in [1.165, 1.54) is 65.0 Å². The molecule has 0 N–H and O–H groups in total. The first-order valence-corrected chi connectivity index (χ1v) is 11.1. The van der Waals surface area contributed by atoms with Crippen molar-refractivity contribution in [1.82, 2.24) is 0 Å². The Balaban J connectivity index is 1.56. The van der Waals surface area contributed by atoms with Crippen molar-refractivity contribution in [2.75, 3.05) is 0 Å². The van der Waals surface area contributed by atoms with E-state index in [2.05, 4.69) is 121 Å². The predicted molar refractivity (Wildman–Crippen MR) is 139 cm³/mol. The lowest BCUT2D eigenvalue weighted by Crippen LogP contribution is -1.87. The number of hydrogen-bond donors (Lipinski definition) is 0. The van der Waals surface area contributed by atoms with Crippen LogP contribution < -0.4 is 0 Å². The third-order valence-corrected chi connectivity index (χ3v) is 6.76. The minimum absolute atomic E-state index is 1.26. The average molecular weight is 405 g/mol. The van der Waals surface area contributed by atoms with Crippen molar-refractivity contribution in [3.8, 4) is 11.1 Å². The molecule has 0 heteroatoms. The van der Waals surface area contributed by atoms with E-state index in [-0.39, 0.29) is 0 Å². The smallest absolute Gasteiger partial charge is 0.00264 e. The summed E-state index contributed by atoms with van der Waals surface area (Å²) in [6, 6.07) is 44.5. The van der Waals surface area contributed by atoms with Crippen LogP contribution in [0.4, 0.5) is 0 Å². The summed E-state index contributed by atoms with van der Waals surface area (Å²) < 4.78 is 0. The van der Waals surface area contributed by atoms with E-state index in [9.17, 15) is 0 Å². The first kappa shape index (κ1) is 17.5. The lowest BCUT2D eigenvalue weighted by Gasteiger charge is -2.14. The molecule has 32 heavy (non-hydrogen) atoms. The monoisotopic (exact) mass is 404 g/mol. The molecule has 0 aliphatic heterocycles. The first-order valence-electron chi connectivity index (χ1n) is 11.1. The van der Waals surface area contributed by atoms with E-state index in [0.717, 1.165) is 0 Å². The van der Waals surface area contributed by atoms with Crippen LogP contribution >= 0.6 is 0 Å². The Hall–Kier alpha value is -4.16. The maximum Gasteiger partial charge on any atom is -0.00264 e. The van der Waals surface area contributed by atoms with Gasteiger partial charge in [0, 0.05) is 0 Å². The molecular weight excluding hydrogens is 384 g/mol. The molecule has 0 aliphatic carbocycles. The van der Waals surface area contributed by atoms with Gasteiger partial charge < -0.3 is 0 Å². The third kappa shape index (κ3) is 2.57. The number of fused-ring (bicyclic) bond motifs is 7. The zero-order chi connectivity index (χ0) is 21.1. The molecule has 7 aromatic rings. The quantitative estimate of drug-likeness (QED) is 0.189. The van der Waals surface area contributed by atoms with Crippen LogP contribution in [0.25, 0.3) is 65.0 Å². The summed E-state index contributed by atoms with van der Waals surface area (Å²) in [6.45, 7) is 0. The van der Waals surface area contributed by atoms with Crippen molar-refractivity contribution in [1.29, 1.82) is 0 Å². The largest absolute Gasteiger partial charge is 0.0616 e. The number of hydrogen-bond acceptors (Lipinski definition) is 0. The van der Waals surface area contributed by atoms with Gasteiger partial charge >= 0.3 is 0 Å². The molecule has 0 saturated carbocycles. The fraction of sp³-hybridized carbons (Fsp3) is 0. The Labute approximate surface area is 186 Å². The second kappa shape index (κ2) is 6.67. The Bertz CT molecular complexity index is 1820. The van der Waals surface area contributed by atoms with Gasteiger partial charge in [-0.2, -0.15) is 0 Å². The molecule has 0 heterocycles. The third-order valence-electron chi connectivity index (χ3n) is 6.76. The van der Waals surface area contributed by atoms with E-state index in [0.29, 0.717) is 0 Å². The van der Waals surface area contributed by atoms with Crippen LogP contribution in [0.3, 0.4) is 0 Å². The molecule has 7 aromatic carbocycles. The molecule has 0 aliphatic rings. The van der Waals surface area contributed by atoms with Crippen molar-refractivity contribution in [3.63, 3.8) is 0 Å². The van der Waals surface area contributed by atoms with Crippen LogP contribution in [0.1, 0.15) is 0 Å². The number of rotatable bonds is 1. The van der Waals surface area contributed by atoms with Crippen LogP contribution in [0, 0.1) is 0 Å². The molecule has 0 atom stereocenters. The molecular formula is C32H20. The van der Waals surface area contributed by atoms with Gasteiger partial charge in [-0.3, -0.25) is 0 Å². The molecule has 7 rings (SSSR count). The lowest BCUT2D eigenvalue weighted by atomic mass is 9.90. The number of benzene rings is 7. The zero-order valence-corrected chi connectivity index (χ0v) is 17.5. The summed E-state index contributed by atoms with van der Waals surface area (Å²) in [6.07, 6.45) is 0. The Kier molecular flexibility index (Phi) is 3.65. The highest BCUT2D eigenvalue weighted by Gasteiger charge is 2.11. The van der Waals surface area contributed by atoms with Gasteiger partial charge in [0.1, 0.15) is 0 Å². The van der Waals surface area contributed by atoms with Gasteiger partial charge in [0.15, 0.2) is 0 Å². The van der Waals surface area contributed by atoms with Gasteiger partial charge in [-0.25, -0.2) is 0 Å². The minimum Gasteiger partial charge on any atom is -0.0616 e. The predicted octanol–water partition coefficient (Wildman–Crippen LogP) is 9.12. The summed E-state index contributed by atoms with van der Waals surface area (Å²) in [5, 5.41) is 13.0. The molecule has 148 valence electrons. The van der Waals surface area contributed by atoms with Crippen molar-refractivity contribution in [2.24, 2.45) is 0 Å². The van der Waals surface area contributed by atoms with Gasteiger partial charge in [-0.05, 0) is 89.3 Å². The highest BCUT2D eigenvalue weighted by atomic mass is 14.1. The van der Waals surface area contributed by atoms with Crippen molar-refractivity contribution >= 4 is 53.9 Å². The molecule has 0 fully saturated rings. The van der Waals surface area contributed by atoms with Gasteiger partial charge in [-0.15, -0.1) is 0 Å². The van der Waals surface area contributed by atoms with Crippen molar-refractivity contribution in [3.05, 3.63) is 121 Å². The van der Waals surface area contributed by atoms with E-state index in [1.807, 2.05) is 0 Å². The Morgan fingerprint density at radius 3 is 1.69 bits per heavy atom. The van der Waals surface area contributed by atoms with E-state index in [1.54, 1.807) is 0 Å². The summed E-state index contributed by atoms with van der Waals surface area (Å²) in [5.74, 6) is 0. The summed E-state index contributed by atoms with van der Waals surface area (Å²) in [4.78, 5) is 0. The van der Waals surface area contributed by atoms with Gasteiger partial charge in [-0.1, -0.05) is 97.1 Å². The normalized spacial score (nSPS) is 11.8. The highest BCUT2D eigenvalue weighted by Crippen LogP contribution is 2.39. The fourth-order valence-corrected chi connectivity index (χ4v) is 5.22. The second-order valence-corrected chi connectivity index (χ2v) is 8.62. The Morgan fingerprint density at radius 2 is 0.875 bits per heavy atom. The standard InChI is InChI=1S/C32H20/c1-2-9-23-18-27-19-25(15-14-24(27)17-22(23)8-1)31-20-26-16-13-21-7-3-4-10-28(21)32(26)30-12-6-5-11-29(30)31/h1-20H. The molecule has 0 unspecified atom stereocenters. The average Bonchev–Trinajstić information content (AvgIpc) is 2.86. The van der Waals surface area contributed by atoms with Crippen LogP contribution in [0.2, 0.25) is 0 Å². The van der Waals surface area contributed by atoms with Crippen LogP contribution in [-0.4, -0.2) is 0 Å². The summed E-state index contributed by atoms with van der Waals surface area (Å²) in [5.41, 5.74) is 2.55. The molecule has 0 bridgehead atoms. The maximum atomic E-state index is 2.37. The first-order chi connectivity index (χ1) is 15.8. The van der Waals surface area contributed by atoms with Gasteiger partial charge in [0.2, 0.25) is 0 Å². The fourth-order valence-electron chi connectivity index (χ4n) is 5.22. The summed E-state index contributed by atoms with van der Waals surface area (Å²) in [7, 11) is 0.